The lowest BCUT2D eigenvalue weighted by Crippen LogP contribution is -2.25. The maximum atomic E-state index is 12.7. The summed E-state index contributed by atoms with van der Waals surface area (Å²) < 4.78 is 35.6. The van der Waals surface area contributed by atoms with Crippen molar-refractivity contribution in [3.63, 3.8) is 0 Å². The highest BCUT2D eigenvalue weighted by Gasteiger charge is 2.38. The molecule has 4 rings (SSSR count). The number of alkyl halides is 3. The molecule has 0 aromatic carbocycles. The van der Waals surface area contributed by atoms with Gasteiger partial charge in [-0.15, -0.1) is 0 Å². The van der Waals surface area contributed by atoms with Gasteiger partial charge >= 0.3 is 12.1 Å². The summed E-state index contributed by atoms with van der Waals surface area (Å²) in [7, 11) is 1.83. The van der Waals surface area contributed by atoms with E-state index < -0.39 is 12.1 Å². The Morgan fingerprint density at radius 3 is 2.62 bits per heavy atom. The molecule has 0 radical (unpaired) electrons. The van der Waals surface area contributed by atoms with Gasteiger partial charge in [-0.2, -0.15) is 13.2 Å². The second kappa shape index (κ2) is 10.8. The number of amides is 1. The normalized spacial score (nSPS) is 11.1. The van der Waals surface area contributed by atoms with Crippen molar-refractivity contribution in [1.29, 1.82) is 0 Å². The number of aliphatic carboxylic acids is 1. The number of hydrogen-bond acceptors (Lipinski definition) is 7. The molecule has 0 unspecified atom stereocenters. The van der Waals surface area contributed by atoms with Crippen molar-refractivity contribution in [2.45, 2.75) is 19.1 Å². The standard InChI is InChI=1S/C18H19N7OS.C2HF3O2/c1-19-18-22-11-14(27-18)16-23-15(13-5-2-3-9-25(13)16)17(26)21-6-4-8-24-10-7-20-12-24;3-2(4,5)1(6)7/h2-3,5,7,9-12H,4,6,8H2,1H3,(H,19,22)(H,21,26);(H,6,7). The van der Waals surface area contributed by atoms with Crippen LogP contribution in [0.15, 0.2) is 49.3 Å². The third-order valence-electron chi connectivity index (χ3n) is 4.38. The number of anilines is 1. The fraction of sp³-hybridized carbons (Fsp3) is 0.250. The molecule has 3 N–H and O–H groups in total. The second-order valence-corrected chi connectivity index (χ2v) is 7.76. The first kappa shape index (κ1) is 24.7. The largest absolute Gasteiger partial charge is 0.490 e. The average molecular weight is 495 g/mol. The Labute approximate surface area is 195 Å². The van der Waals surface area contributed by atoms with Gasteiger partial charge in [-0.05, 0) is 18.6 Å². The summed E-state index contributed by atoms with van der Waals surface area (Å²) in [6.45, 7) is 1.38. The molecule has 0 fully saturated rings. The van der Waals surface area contributed by atoms with Crippen molar-refractivity contribution < 1.29 is 27.9 Å². The maximum Gasteiger partial charge on any atom is 0.490 e. The molecule has 180 valence electrons. The van der Waals surface area contributed by atoms with Gasteiger partial charge in [0, 0.05) is 38.7 Å². The van der Waals surface area contributed by atoms with Crippen molar-refractivity contribution in [1.82, 2.24) is 29.2 Å². The number of carbonyl (C=O) groups excluding carboxylic acids is 1. The Balaban J connectivity index is 0.000000406. The van der Waals surface area contributed by atoms with Gasteiger partial charge in [-0.1, -0.05) is 17.4 Å². The summed E-state index contributed by atoms with van der Waals surface area (Å²) >= 11 is 1.50. The summed E-state index contributed by atoms with van der Waals surface area (Å²) in [6.07, 6.45) is 4.84. The molecule has 0 bridgehead atoms. The van der Waals surface area contributed by atoms with Crippen molar-refractivity contribution in [2.24, 2.45) is 0 Å². The smallest absolute Gasteiger partial charge is 0.475 e. The van der Waals surface area contributed by atoms with Crippen LogP contribution in [0.5, 0.6) is 0 Å². The maximum absolute atomic E-state index is 12.7. The minimum atomic E-state index is -5.08. The van der Waals surface area contributed by atoms with Crippen LogP contribution >= 0.6 is 11.3 Å². The van der Waals surface area contributed by atoms with E-state index in [1.165, 1.54) is 11.3 Å². The number of carbonyl (C=O) groups is 2. The molecular formula is C20H20F3N7O3S. The zero-order valence-electron chi connectivity index (χ0n) is 17.8. The number of rotatable bonds is 7. The Morgan fingerprint density at radius 2 is 2.00 bits per heavy atom. The molecule has 0 saturated carbocycles. The monoisotopic (exact) mass is 495 g/mol. The van der Waals surface area contributed by atoms with Gasteiger partial charge in [-0.3, -0.25) is 9.20 Å². The summed E-state index contributed by atoms with van der Waals surface area (Å²) in [4.78, 5) is 35.4. The molecule has 0 saturated heterocycles. The van der Waals surface area contributed by atoms with Crippen LogP contribution < -0.4 is 10.6 Å². The van der Waals surface area contributed by atoms with Crippen LogP contribution in [0, 0.1) is 0 Å². The van der Waals surface area contributed by atoms with E-state index in [0.29, 0.717) is 18.1 Å². The molecule has 4 aromatic heterocycles. The van der Waals surface area contributed by atoms with Gasteiger partial charge in [0.1, 0.15) is 0 Å². The summed E-state index contributed by atoms with van der Waals surface area (Å²) in [5.41, 5.74) is 1.20. The fourth-order valence-electron chi connectivity index (χ4n) is 2.84. The van der Waals surface area contributed by atoms with E-state index in [-0.39, 0.29) is 5.91 Å². The molecule has 0 aliphatic rings. The first-order valence-electron chi connectivity index (χ1n) is 9.85. The zero-order chi connectivity index (χ0) is 24.7. The van der Waals surface area contributed by atoms with Crippen LogP contribution in [-0.4, -0.2) is 60.7 Å². The van der Waals surface area contributed by atoms with Gasteiger partial charge in [0.25, 0.3) is 5.91 Å². The van der Waals surface area contributed by atoms with Crippen LogP contribution in [-0.2, 0) is 11.3 Å². The quantitative estimate of drug-likeness (QED) is 0.336. The SMILES string of the molecule is CNc1ncc(-c2nc(C(=O)NCCCn3ccnc3)c3ccccn23)s1.O=C(O)C(F)(F)F. The number of hydrogen-bond donors (Lipinski definition) is 3. The minimum absolute atomic E-state index is 0.172. The van der Waals surface area contributed by atoms with E-state index in [0.717, 1.165) is 28.5 Å². The van der Waals surface area contributed by atoms with Crippen LogP contribution in [0.2, 0.25) is 0 Å². The predicted octanol–water partition coefficient (Wildman–Crippen LogP) is 3.15. The molecule has 14 heteroatoms. The van der Waals surface area contributed by atoms with Gasteiger partial charge in [0.2, 0.25) is 0 Å². The molecule has 0 aliphatic carbocycles. The van der Waals surface area contributed by atoms with Gasteiger partial charge in [0.15, 0.2) is 16.6 Å². The minimum Gasteiger partial charge on any atom is -0.475 e. The lowest BCUT2D eigenvalue weighted by Gasteiger charge is -2.04. The van der Waals surface area contributed by atoms with Gasteiger partial charge < -0.3 is 20.3 Å². The molecule has 4 heterocycles. The third kappa shape index (κ3) is 6.10. The van der Waals surface area contributed by atoms with Crippen molar-refractivity contribution in [2.75, 3.05) is 18.9 Å². The Bertz CT molecular complexity index is 1250. The summed E-state index contributed by atoms with van der Waals surface area (Å²) in [6, 6.07) is 5.73. The molecule has 34 heavy (non-hydrogen) atoms. The fourth-order valence-corrected chi connectivity index (χ4v) is 3.59. The first-order chi connectivity index (χ1) is 16.2. The number of aryl methyl sites for hydroxylation is 1. The van der Waals surface area contributed by atoms with E-state index in [4.69, 9.17) is 9.90 Å². The molecule has 4 aromatic rings. The number of nitrogens with one attached hydrogen (secondary N) is 2. The lowest BCUT2D eigenvalue weighted by molar-refractivity contribution is -0.192. The van der Waals surface area contributed by atoms with Crippen LogP contribution in [0.1, 0.15) is 16.9 Å². The zero-order valence-corrected chi connectivity index (χ0v) is 18.6. The molecule has 1 amide bonds. The predicted molar refractivity (Wildman–Crippen MR) is 119 cm³/mol. The number of pyridine rings is 1. The number of thiazole rings is 1. The van der Waals surface area contributed by atoms with Crippen molar-refractivity contribution in [3.05, 3.63) is 55.0 Å². The highest BCUT2D eigenvalue weighted by Crippen LogP contribution is 2.29. The number of aromatic nitrogens is 5. The number of halogens is 3. The van der Waals surface area contributed by atoms with E-state index >= 15 is 0 Å². The van der Waals surface area contributed by atoms with Crippen LogP contribution in [0.4, 0.5) is 18.3 Å². The van der Waals surface area contributed by atoms with Gasteiger partial charge in [0.05, 0.1) is 22.9 Å². The molecular weight excluding hydrogens is 475 g/mol. The third-order valence-corrected chi connectivity index (χ3v) is 5.39. The average Bonchev–Trinajstić information content (AvgIpc) is 3.56. The number of carboxylic acids is 1. The van der Waals surface area contributed by atoms with Crippen molar-refractivity contribution in [3.8, 4) is 10.7 Å². The van der Waals surface area contributed by atoms with Crippen molar-refractivity contribution >= 4 is 33.9 Å². The molecule has 0 atom stereocenters. The van der Waals surface area contributed by atoms with E-state index in [9.17, 15) is 18.0 Å². The molecule has 10 nitrogen and oxygen atoms in total. The topological polar surface area (TPSA) is 126 Å². The van der Waals surface area contributed by atoms with E-state index in [2.05, 4.69) is 25.6 Å². The lowest BCUT2D eigenvalue weighted by atomic mass is 10.3. The number of imidazole rings is 2. The van der Waals surface area contributed by atoms with Crippen LogP contribution in [0.25, 0.3) is 16.2 Å². The first-order valence-corrected chi connectivity index (χ1v) is 10.7. The number of nitrogens with zero attached hydrogens (tertiary/aromatic N) is 5. The van der Waals surface area contributed by atoms with E-state index in [1.807, 2.05) is 46.6 Å². The summed E-state index contributed by atoms with van der Waals surface area (Å²) in [5.74, 6) is -2.21. The van der Waals surface area contributed by atoms with Gasteiger partial charge in [-0.25, -0.2) is 19.7 Å². The molecule has 0 spiro atoms. The second-order valence-electron chi connectivity index (χ2n) is 6.73. The van der Waals surface area contributed by atoms with Crippen LogP contribution in [0.3, 0.4) is 0 Å². The number of carboxylic acid groups (broad SMARTS) is 1. The highest BCUT2D eigenvalue weighted by molar-refractivity contribution is 7.18. The number of fused-ring (bicyclic) bond motifs is 1. The molecule has 0 aliphatic heterocycles. The Kier molecular flexibility index (Phi) is 7.83. The summed E-state index contributed by atoms with van der Waals surface area (Å²) in [5, 5.41) is 13.9. The Morgan fingerprint density at radius 1 is 1.24 bits per heavy atom. The van der Waals surface area contributed by atoms with E-state index in [1.54, 1.807) is 18.7 Å². The Hall–Kier alpha value is -3.94. The highest BCUT2D eigenvalue weighted by atomic mass is 32.1.